The molecule has 1 aliphatic carbocycles. The molecule has 0 aromatic carbocycles. The van der Waals surface area contributed by atoms with Gasteiger partial charge in [0.2, 0.25) is 0 Å². The summed E-state index contributed by atoms with van der Waals surface area (Å²) in [6.45, 7) is 0. The van der Waals surface area contributed by atoms with Crippen molar-refractivity contribution in [3.8, 4) is 0 Å². The Labute approximate surface area is 69.0 Å². The molecular formula is C10H17N. The highest BCUT2D eigenvalue weighted by atomic mass is 14.6. The standard InChI is InChI=1S/C10H17N/c11-10-8-6-4-2-1-3-5-7-9-10/h2,4-5,7,10H,1,3,6,8-9,11H2/b4-2-,7-5-. The smallest absolute Gasteiger partial charge is 0.00763 e. The topological polar surface area (TPSA) is 26.0 Å². The first kappa shape index (κ1) is 8.54. The molecular weight excluding hydrogens is 134 g/mol. The van der Waals surface area contributed by atoms with Crippen LogP contribution >= 0.6 is 0 Å². The maximum absolute atomic E-state index is 5.84. The number of allylic oxidation sites excluding steroid dienone is 3. The van der Waals surface area contributed by atoms with Crippen LogP contribution in [0.15, 0.2) is 24.3 Å². The van der Waals surface area contributed by atoms with Gasteiger partial charge in [0.15, 0.2) is 0 Å². The zero-order chi connectivity index (χ0) is 7.94. The molecule has 0 amide bonds. The lowest BCUT2D eigenvalue weighted by Crippen LogP contribution is -2.18. The molecule has 11 heavy (non-hydrogen) atoms. The molecule has 1 atom stereocenters. The van der Waals surface area contributed by atoms with Gasteiger partial charge >= 0.3 is 0 Å². The van der Waals surface area contributed by atoms with Gasteiger partial charge in [-0.25, -0.2) is 0 Å². The van der Waals surface area contributed by atoms with E-state index in [-0.39, 0.29) is 0 Å². The quantitative estimate of drug-likeness (QED) is 0.528. The molecule has 2 N–H and O–H groups in total. The third kappa shape index (κ3) is 3.99. The number of hydrogen-bond acceptors (Lipinski definition) is 1. The summed E-state index contributed by atoms with van der Waals surface area (Å²) in [5, 5.41) is 0. The minimum Gasteiger partial charge on any atom is -0.327 e. The summed E-state index contributed by atoms with van der Waals surface area (Å²) in [4.78, 5) is 0. The highest BCUT2D eigenvalue weighted by Gasteiger charge is 1.97. The summed E-state index contributed by atoms with van der Waals surface area (Å²) in [5.41, 5.74) is 5.84. The Morgan fingerprint density at radius 1 is 0.909 bits per heavy atom. The SMILES string of the molecule is NC1C/C=C\CC/C=C\CC1. The second-order valence-electron chi connectivity index (χ2n) is 3.09. The fourth-order valence-corrected chi connectivity index (χ4v) is 1.25. The molecule has 0 aliphatic heterocycles. The molecule has 1 heteroatoms. The van der Waals surface area contributed by atoms with Gasteiger partial charge < -0.3 is 5.73 Å². The van der Waals surface area contributed by atoms with Gasteiger partial charge in [0, 0.05) is 6.04 Å². The first-order valence-corrected chi connectivity index (χ1v) is 4.45. The normalized spacial score (nSPS) is 32.6. The Bertz CT molecular complexity index is 147. The van der Waals surface area contributed by atoms with Crippen molar-refractivity contribution in [2.75, 3.05) is 0 Å². The van der Waals surface area contributed by atoms with Crippen molar-refractivity contribution < 1.29 is 0 Å². The third-order valence-electron chi connectivity index (χ3n) is 1.98. The van der Waals surface area contributed by atoms with Crippen molar-refractivity contribution in [1.82, 2.24) is 0 Å². The van der Waals surface area contributed by atoms with E-state index in [0.717, 1.165) is 19.3 Å². The van der Waals surface area contributed by atoms with E-state index in [0.29, 0.717) is 6.04 Å². The molecule has 1 unspecified atom stereocenters. The number of hydrogen-bond donors (Lipinski definition) is 1. The van der Waals surface area contributed by atoms with Crippen molar-refractivity contribution in [2.45, 2.75) is 38.1 Å². The van der Waals surface area contributed by atoms with Gasteiger partial charge in [-0.2, -0.15) is 0 Å². The van der Waals surface area contributed by atoms with Crippen molar-refractivity contribution in [2.24, 2.45) is 5.73 Å². The second-order valence-corrected chi connectivity index (χ2v) is 3.09. The van der Waals surface area contributed by atoms with E-state index < -0.39 is 0 Å². The highest BCUT2D eigenvalue weighted by molar-refractivity contribution is 4.92. The molecule has 0 aromatic rings. The van der Waals surface area contributed by atoms with Crippen LogP contribution in [0.3, 0.4) is 0 Å². The maximum atomic E-state index is 5.84. The van der Waals surface area contributed by atoms with Crippen LogP contribution in [0.25, 0.3) is 0 Å². The fraction of sp³-hybridized carbons (Fsp3) is 0.600. The van der Waals surface area contributed by atoms with Gasteiger partial charge in [0.25, 0.3) is 0 Å². The predicted molar refractivity (Wildman–Crippen MR) is 49.3 cm³/mol. The average molecular weight is 151 g/mol. The zero-order valence-electron chi connectivity index (χ0n) is 7.00. The Morgan fingerprint density at radius 3 is 2.36 bits per heavy atom. The summed E-state index contributed by atoms with van der Waals surface area (Å²) in [6, 6.07) is 0.369. The molecule has 1 rings (SSSR count). The Morgan fingerprint density at radius 2 is 1.55 bits per heavy atom. The Kier molecular flexibility index (Phi) is 3.99. The van der Waals surface area contributed by atoms with E-state index >= 15 is 0 Å². The Hall–Kier alpha value is -0.560. The molecule has 0 bridgehead atoms. The first-order chi connectivity index (χ1) is 5.39. The van der Waals surface area contributed by atoms with Crippen LogP contribution in [0.5, 0.6) is 0 Å². The van der Waals surface area contributed by atoms with Crippen LogP contribution in [-0.4, -0.2) is 6.04 Å². The molecule has 0 saturated heterocycles. The minimum absolute atomic E-state index is 0.369. The van der Waals surface area contributed by atoms with Crippen LogP contribution in [0, 0.1) is 0 Å². The number of nitrogens with two attached hydrogens (primary N) is 1. The molecule has 1 aliphatic rings. The molecule has 0 saturated carbocycles. The van der Waals surface area contributed by atoms with Gasteiger partial charge in [0.1, 0.15) is 0 Å². The zero-order valence-corrected chi connectivity index (χ0v) is 7.00. The van der Waals surface area contributed by atoms with E-state index in [1.54, 1.807) is 0 Å². The first-order valence-electron chi connectivity index (χ1n) is 4.45. The average Bonchev–Trinajstić information content (AvgIpc) is 2.03. The summed E-state index contributed by atoms with van der Waals surface area (Å²) in [6.07, 6.45) is 14.6. The lowest BCUT2D eigenvalue weighted by molar-refractivity contribution is 0.625. The van der Waals surface area contributed by atoms with Gasteiger partial charge in [-0.05, 0) is 32.1 Å². The van der Waals surface area contributed by atoms with E-state index in [2.05, 4.69) is 24.3 Å². The summed E-state index contributed by atoms with van der Waals surface area (Å²) < 4.78 is 0. The van der Waals surface area contributed by atoms with Crippen LogP contribution < -0.4 is 5.73 Å². The molecule has 0 fully saturated rings. The second kappa shape index (κ2) is 5.14. The van der Waals surface area contributed by atoms with Crippen LogP contribution in [0.1, 0.15) is 32.1 Å². The predicted octanol–water partition coefficient (Wildman–Crippen LogP) is 2.39. The summed E-state index contributed by atoms with van der Waals surface area (Å²) in [5.74, 6) is 0. The van der Waals surface area contributed by atoms with Gasteiger partial charge in [-0.3, -0.25) is 0 Å². The minimum atomic E-state index is 0.369. The number of rotatable bonds is 0. The monoisotopic (exact) mass is 151 g/mol. The fourth-order valence-electron chi connectivity index (χ4n) is 1.25. The van der Waals surface area contributed by atoms with E-state index in [4.69, 9.17) is 5.73 Å². The van der Waals surface area contributed by atoms with Crippen molar-refractivity contribution in [3.63, 3.8) is 0 Å². The van der Waals surface area contributed by atoms with Gasteiger partial charge in [-0.1, -0.05) is 24.3 Å². The van der Waals surface area contributed by atoms with Crippen molar-refractivity contribution >= 4 is 0 Å². The molecule has 0 aromatic heterocycles. The molecule has 0 spiro atoms. The van der Waals surface area contributed by atoms with Crippen LogP contribution in [-0.2, 0) is 0 Å². The molecule has 0 heterocycles. The molecule has 62 valence electrons. The van der Waals surface area contributed by atoms with Gasteiger partial charge in [-0.15, -0.1) is 0 Å². The third-order valence-corrected chi connectivity index (χ3v) is 1.98. The van der Waals surface area contributed by atoms with E-state index in [1.165, 1.54) is 12.8 Å². The largest absolute Gasteiger partial charge is 0.327 e. The lowest BCUT2D eigenvalue weighted by atomic mass is 10.1. The van der Waals surface area contributed by atoms with Crippen LogP contribution in [0.4, 0.5) is 0 Å². The highest BCUT2D eigenvalue weighted by Crippen LogP contribution is 2.05. The van der Waals surface area contributed by atoms with Crippen LogP contribution in [0.2, 0.25) is 0 Å². The van der Waals surface area contributed by atoms with Gasteiger partial charge in [0.05, 0.1) is 0 Å². The van der Waals surface area contributed by atoms with Crippen molar-refractivity contribution in [1.29, 1.82) is 0 Å². The summed E-state index contributed by atoms with van der Waals surface area (Å²) >= 11 is 0. The maximum Gasteiger partial charge on any atom is 0.00763 e. The van der Waals surface area contributed by atoms with E-state index in [1.807, 2.05) is 0 Å². The lowest BCUT2D eigenvalue weighted by Gasteiger charge is -2.07. The van der Waals surface area contributed by atoms with Crippen molar-refractivity contribution in [3.05, 3.63) is 24.3 Å². The summed E-state index contributed by atoms with van der Waals surface area (Å²) in [7, 11) is 0. The Balaban J connectivity index is 2.34. The molecule has 0 radical (unpaired) electrons. The van der Waals surface area contributed by atoms with E-state index in [9.17, 15) is 0 Å². The molecule has 1 nitrogen and oxygen atoms in total.